The molecule has 22 heavy (non-hydrogen) atoms. The van der Waals surface area contributed by atoms with Crippen LogP contribution in [0.4, 0.5) is 22.0 Å². The average molecular weight is 320 g/mol. The minimum absolute atomic E-state index is 0.0125. The van der Waals surface area contributed by atoms with E-state index in [9.17, 15) is 26.7 Å². The molecule has 0 amide bonds. The van der Waals surface area contributed by atoms with Crippen molar-refractivity contribution < 1.29 is 31.5 Å². The molecule has 0 radical (unpaired) electrons. The van der Waals surface area contributed by atoms with E-state index < -0.39 is 41.4 Å². The molecule has 1 fully saturated rings. The van der Waals surface area contributed by atoms with Gasteiger partial charge in [0.15, 0.2) is 0 Å². The second-order valence-corrected chi connectivity index (χ2v) is 5.22. The molecule has 0 spiro atoms. The summed E-state index contributed by atoms with van der Waals surface area (Å²) < 4.78 is 69.6. The number of hydrogen-bond donors (Lipinski definition) is 0. The fourth-order valence-corrected chi connectivity index (χ4v) is 2.23. The molecule has 1 aliphatic rings. The van der Waals surface area contributed by atoms with Crippen molar-refractivity contribution in [2.45, 2.75) is 31.4 Å². The topological polar surface area (TPSA) is 26.3 Å². The van der Waals surface area contributed by atoms with Crippen LogP contribution in [0, 0.1) is 5.82 Å². The van der Waals surface area contributed by atoms with Gasteiger partial charge < -0.3 is 4.74 Å². The Hall–Kier alpha value is -1.92. The van der Waals surface area contributed by atoms with Crippen molar-refractivity contribution in [3.05, 3.63) is 47.0 Å². The number of benzene rings is 1. The molecule has 0 N–H and O–H groups in total. The summed E-state index contributed by atoms with van der Waals surface area (Å²) >= 11 is 0. The minimum Gasteiger partial charge on any atom is -0.459 e. The maximum atomic E-state index is 13.9. The van der Waals surface area contributed by atoms with Gasteiger partial charge in [0.05, 0.1) is 5.56 Å². The van der Waals surface area contributed by atoms with Gasteiger partial charge in [-0.1, -0.05) is 6.07 Å². The quantitative estimate of drug-likeness (QED) is 0.611. The first kappa shape index (κ1) is 16.5. The number of ether oxygens (including phenoxy) is 1. The number of halogens is 5. The third kappa shape index (κ3) is 3.64. The zero-order chi connectivity index (χ0) is 16.5. The molecule has 7 heteroatoms. The summed E-state index contributed by atoms with van der Waals surface area (Å²) in [6, 6.07) is 2.21. The molecule has 1 aromatic carbocycles. The molecule has 2 nitrogen and oxygen atoms in total. The van der Waals surface area contributed by atoms with Crippen LogP contribution in [0.2, 0.25) is 0 Å². The zero-order valence-corrected chi connectivity index (χ0v) is 11.6. The van der Waals surface area contributed by atoms with Crippen LogP contribution in [0.25, 0.3) is 0 Å². The van der Waals surface area contributed by atoms with Gasteiger partial charge in [-0.2, -0.15) is 13.2 Å². The maximum absolute atomic E-state index is 13.9. The third-order valence-electron chi connectivity index (χ3n) is 3.47. The van der Waals surface area contributed by atoms with E-state index in [4.69, 9.17) is 0 Å². The molecule has 1 aliphatic carbocycles. The van der Waals surface area contributed by atoms with Crippen molar-refractivity contribution in [2.24, 2.45) is 0 Å². The molecule has 120 valence electrons. The van der Waals surface area contributed by atoms with Crippen molar-refractivity contribution >= 4 is 5.97 Å². The van der Waals surface area contributed by atoms with Gasteiger partial charge in [-0.05, 0) is 36.6 Å². The third-order valence-corrected chi connectivity index (χ3v) is 3.47. The highest BCUT2D eigenvalue weighted by atomic mass is 19.4. The SMILES string of the molecule is CC(=O)OC/C(F)=C/C1(c2ccc(C(F)(F)F)cc2F)CC1. The van der Waals surface area contributed by atoms with Crippen LogP contribution in [0.15, 0.2) is 30.1 Å². The summed E-state index contributed by atoms with van der Waals surface area (Å²) in [4.78, 5) is 10.6. The first-order valence-electron chi connectivity index (χ1n) is 6.52. The van der Waals surface area contributed by atoms with E-state index in [2.05, 4.69) is 4.74 Å². The Balaban J connectivity index is 2.24. The van der Waals surface area contributed by atoms with E-state index in [0.29, 0.717) is 18.9 Å². The molecule has 0 saturated heterocycles. The highest BCUT2D eigenvalue weighted by Gasteiger charge is 2.45. The van der Waals surface area contributed by atoms with Crippen molar-refractivity contribution in [1.29, 1.82) is 0 Å². The Kier molecular flexibility index (Phi) is 4.26. The second-order valence-electron chi connectivity index (χ2n) is 5.22. The first-order valence-corrected chi connectivity index (χ1v) is 6.52. The number of alkyl halides is 3. The molecule has 2 rings (SSSR count). The Morgan fingerprint density at radius 3 is 2.45 bits per heavy atom. The summed E-state index contributed by atoms with van der Waals surface area (Å²) in [5, 5.41) is 0. The van der Waals surface area contributed by atoms with Gasteiger partial charge in [-0.25, -0.2) is 8.78 Å². The molecule has 0 unspecified atom stereocenters. The predicted molar refractivity (Wildman–Crippen MR) is 68.1 cm³/mol. The highest BCUT2D eigenvalue weighted by molar-refractivity contribution is 5.66. The number of rotatable bonds is 4. The van der Waals surface area contributed by atoms with E-state index in [0.717, 1.165) is 25.1 Å². The van der Waals surface area contributed by atoms with E-state index in [1.165, 1.54) is 0 Å². The predicted octanol–water partition coefficient (Wildman–Crippen LogP) is 4.29. The smallest absolute Gasteiger partial charge is 0.416 e. The van der Waals surface area contributed by atoms with Gasteiger partial charge in [0, 0.05) is 12.3 Å². The summed E-state index contributed by atoms with van der Waals surface area (Å²) in [6.45, 7) is 0.551. The number of esters is 1. The number of carbonyl (C=O) groups is 1. The lowest BCUT2D eigenvalue weighted by Gasteiger charge is -2.15. The fourth-order valence-electron chi connectivity index (χ4n) is 2.23. The Morgan fingerprint density at radius 2 is 2.00 bits per heavy atom. The lowest BCUT2D eigenvalue weighted by Crippen LogP contribution is -2.11. The van der Waals surface area contributed by atoms with Crippen LogP contribution in [-0.2, 0) is 21.1 Å². The van der Waals surface area contributed by atoms with E-state index in [1.54, 1.807) is 0 Å². The molecule has 0 aromatic heterocycles. The van der Waals surface area contributed by atoms with Crippen LogP contribution in [0.1, 0.15) is 30.9 Å². The Bertz CT molecular complexity index is 615. The highest BCUT2D eigenvalue weighted by Crippen LogP contribution is 2.51. The van der Waals surface area contributed by atoms with Crippen molar-refractivity contribution in [3.8, 4) is 0 Å². The lowest BCUT2D eigenvalue weighted by molar-refractivity contribution is -0.140. The number of allylic oxidation sites excluding steroid dienone is 1. The molecule has 0 heterocycles. The largest absolute Gasteiger partial charge is 0.459 e. The Morgan fingerprint density at radius 1 is 1.36 bits per heavy atom. The van der Waals surface area contributed by atoms with Crippen molar-refractivity contribution in [1.82, 2.24) is 0 Å². The summed E-state index contributed by atoms with van der Waals surface area (Å²) in [6.07, 6.45) is -2.68. The van der Waals surface area contributed by atoms with Crippen LogP contribution in [0.5, 0.6) is 0 Å². The fraction of sp³-hybridized carbons (Fsp3) is 0.400. The standard InChI is InChI=1S/C15H13F5O2/c1-9(21)22-8-11(16)7-14(4-5-14)12-3-2-10(6-13(12)17)15(18,19)20/h2-3,6-7H,4-5,8H2,1H3/b11-7-. The molecular formula is C15H13F5O2. The molecule has 1 aromatic rings. The van der Waals surface area contributed by atoms with Crippen molar-refractivity contribution in [3.63, 3.8) is 0 Å². The van der Waals surface area contributed by atoms with Gasteiger partial charge in [-0.15, -0.1) is 0 Å². The van der Waals surface area contributed by atoms with Gasteiger partial charge >= 0.3 is 12.1 Å². The van der Waals surface area contributed by atoms with E-state index >= 15 is 0 Å². The molecule has 0 atom stereocenters. The van der Waals surface area contributed by atoms with Gasteiger partial charge in [0.2, 0.25) is 0 Å². The van der Waals surface area contributed by atoms with Crippen LogP contribution in [-0.4, -0.2) is 12.6 Å². The summed E-state index contributed by atoms with van der Waals surface area (Å²) in [5.74, 6) is -2.44. The molecular weight excluding hydrogens is 307 g/mol. The average Bonchev–Trinajstić information content (AvgIpc) is 3.15. The van der Waals surface area contributed by atoms with Gasteiger partial charge in [-0.3, -0.25) is 4.79 Å². The number of carbonyl (C=O) groups excluding carboxylic acids is 1. The van der Waals surface area contributed by atoms with Gasteiger partial charge in [0.1, 0.15) is 18.3 Å². The minimum atomic E-state index is -4.63. The monoisotopic (exact) mass is 320 g/mol. The van der Waals surface area contributed by atoms with E-state index in [-0.39, 0.29) is 5.56 Å². The van der Waals surface area contributed by atoms with Crippen molar-refractivity contribution in [2.75, 3.05) is 6.61 Å². The van der Waals surface area contributed by atoms with Crippen LogP contribution >= 0.6 is 0 Å². The normalized spacial score (nSPS) is 17.3. The Labute approximate surface area is 123 Å². The first-order chi connectivity index (χ1) is 10.1. The summed E-state index contributed by atoms with van der Waals surface area (Å²) in [5.41, 5.74) is -2.04. The zero-order valence-electron chi connectivity index (χ0n) is 11.6. The van der Waals surface area contributed by atoms with Crippen LogP contribution < -0.4 is 0 Å². The molecule has 1 saturated carbocycles. The molecule has 0 aliphatic heterocycles. The van der Waals surface area contributed by atoms with Gasteiger partial charge in [0.25, 0.3) is 0 Å². The van der Waals surface area contributed by atoms with E-state index in [1.807, 2.05) is 0 Å². The maximum Gasteiger partial charge on any atom is 0.416 e. The second kappa shape index (κ2) is 5.70. The van der Waals surface area contributed by atoms with Crippen LogP contribution in [0.3, 0.4) is 0 Å². The lowest BCUT2D eigenvalue weighted by atomic mass is 9.93. The number of hydrogen-bond acceptors (Lipinski definition) is 2. The summed E-state index contributed by atoms with van der Waals surface area (Å²) in [7, 11) is 0. The molecule has 0 bridgehead atoms.